The smallest absolute Gasteiger partial charge is 0.293 e. The molecule has 0 aromatic carbocycles. The summed E-state index contributed by atoms with van der Waals surface area (Å²) in [6.45, 7) is 3.41. The van der Waals surface area contributed by atoms with Crippen molar-refractivity contribution in [1.82, 2.24) is 0 Å². The summed E-state index contributed by atoms with van der Waals surface area (Å²) < 4.78 is 4.44. The molecule has 0 unspecified atom stereocenters. The van der Waals surface area contributed by atoms with Crippen LogP contribution in [-0.4, -0.2) is 24.6 Å². The van der Waals surface area contributed by atoms with Gasteiger partial charge in [0.15, 0.2) is 0 Å². The Bertz CT molecular complexity index is 184. The third kappa shape index (κ3) is 5.11. The summed E-state index contributed by atoms with van der Waals surface area (Å²) in [5.41, 5.74) is 0. The van der Waals surface area contributed by atoms with E-state index in [4.69, 9.17) is 0 Å². The Balaban J connectivity index is 3.77. The van der Waals surface area contributed by atoms with Crippen LogP contribution in [0.5, 0.6) is 0 Å². The summed E-state index contributed by atoms with van der Waals surface area (Å²) in [5, 5.41) is 0. The van der Waals surface area contributed by atoms with Gasteiger partial charge < -0.3 is 4.74 Å². The molecule has 0 N–H and O–H groups in total. The normalized spacial score (nSPS) is 9.77. The lowest BCUT2D eigenvalue weighted by Crippen LogP contribution is -2.19. The Morgan fingerprint density at radius 3 is 2.23 bits per heavy atom. The lowest BCUT2D eigenvalue weighted by atomic mass is 9.95. The van der Waals surface area contributed by atoms with Crippen LogP contribution in [0.2, 0.25) is 0 Å². The standard InChI is InChI=1S/C9H14O4/c1-7(11)9(8(2)12)4-3-5-13-6-10/h6,9H,3-5H2,1-2H3. The van der Waals surface area contributed by atoms with E-state index in [-0.39, 0.29) is 18.2 Å². The second-order valence-electron chi connectivity index (χ2n) is 2.88. The number of rotatable bonds is 7. The van der Waals surface area contributed by atoms with Crippen LogP contribution < -0.4 is 0 Å². The molecule has 4 heteroatoms. The number of hydrogen-bond acceptors (Lipinski definition) is 4. The molecule has 0 heterocycles. The Morgan fingerprint density at radius 1 is 1.31 bits per heavy atom. The van der Waals surface area contributed by atoms with Crippen molar-refractivity contribution in [3.63, 3.8) is 0 Å². The van der Waals surface area contributed by atoms with Crippen molar-refractivity contribution in [3.05, 3.63) is 0 Å². The van der Waals surface area contributed by atoms with Crippen LogP contribution in [0, 0.1) is 5.92 Å². The molecular formula is C9H14O4. The fraction of sp³-hybridized carbons (Fsp3) is 0.667. The van der Waals surface area contributed by atoms with Crippen molar-refractivity contribution < 1.29 is 19.1 Å². The van der Waals surface area contributed by atoms with Crippen LogP contribution in [0.1, 0.15) is 26.7 Å². The van der Waals surface area contributed by atoms with Gasteiger partial charge in [-0.15, -0.1) is 0 Å². The summed E-state index contributed by atoms with van der Waals surface area (Å²) in [7, 11) is 0. The van der Waals surface area contributed by atoms with Gasteiger partial charge in [0.05, 0.1) is 12.5 Å². The molecule has 0 aliphatic heterocycles. The van der Waals surface area contributed by atoms with Gasteiger partial charge in [0.1, 0.15) is 11.6 Å². The second kappa shape index (κ2) is 6.34. The third-order valence-corrected chi connectivity index (χ3v) is 1.80. The van der Waals surface area contributed by atoms with Crippen LogP contribution in [0.3, 0.4) is 0 Å². The largest absolute Gasteiger partial charge is 0.468 e. The number of carbonyl (C=O) groups is 3. The Labute approximate surface area is 77.3 Å². The van der Waals surface area contributed by atoms with Gasteiger partial charge in [-0.3, -0.25) is 14.4 Å². The van der Waals surface area contributed by atoms with E-state index >= 15 is 0 Å². The van der Waals surface area contributed by atoms with Crippen molar-refractivity contribution in [2.24, 2.45) is 5.92 Å². The Hall–Kier alpha value is -1.19. The molecule has 0 fully saturated rings. The molecule has 0 spiro atoms. The number of hydrogen-bond donors (Lipinski definition) is 0. The molecule has 0 saturated carbocycles. The van der Waals surface area contributed by atoms with Crippen molar-refractivity contribution in [2.75, 3.05) is 6.61 Å². The quantitative estimate of drug-likeness (QED) is 0.334. The molecule has 0 aliphatic rings. The van der Waals surface area contributed by atoms with Crippen molar-refractivity contribution in [3.8, 4) is 0 Å². The second-order valence-corrected chi connectivity index (χ2v) is 2.88. The SMILES string of the molecule is CC(=O)C(CCCOC=O)C(C)=O. The molecule has 0 aliphatic carbocycles. The van der Waals surface area contributed by atoms with E-state index in [1.807, 2.05) is 0 Å². The van der Waals surface area contributed by atoms with E-state index in [1.54, 1.807) is 0 Å². The summed E-state index contributed by atoms with van der Waals surface area (Å²) in [6.07, 6.45) is 1.00. The molecule has 0 amide bonds. The molecule has 4 nitrogen and oxygen atoms in total. The number of Topliss-reactive ketones (excluding diaryl/α,β-unsaturated/α-hetero) is 2. The van der Waals surface area contributed by atoms with E-state index in [2.05, 4.69) is 4.74 Å². The lowest BCUT2D eigenvalue weighted by Gasteiger charge is -2.08. The lowest BCUT2D eigenvalue weighted by molar-refractivity contribution is -0.130. The Morgan fingerprint density at radius 2 is 1.85 bits per heavy atom. The molecular weight excluding hydrogens is 172 g/mol. The maximum atomic E-state index is 10.9. The van der Waals surface area contributed by atoms with Gasteiger partial charge >= 0.3 is 0 Å². The minimum atomic E-state index is -0.532. The van der Waals surface area contributed by atoms with Gasteiger partial charge in [-0.25, -0.2) is 0 Å². The minimum Gasteiger partial charge on any atom is -0.468 e. The molecule has 0 rings (SSSR count). The molecule has 0 radical (unpaired) electrons. The number of ether oxygens (including phenoxy) is 1. The zero-order valence-corrected chi connectivity index (χ0v) is 7.91. The summed E-state index contributed by atoms with van der Waals surface area (Å²) >= 11 is 0. The molecule has 0 atom stereocenters. The fourth-order valence-corrected chi connectivity index (χ4v) is 1.11. The third-order valence-electron chi connectivity index (χ3n) is 1.80. The first-order valence-corrected chi connectivity index (χ1v) is 4.15. The molecule has 0 saturated heterocycles. The first-order chi connectivity index (χ1) is 6.09. The Kier molecular flexibility index (Phi) is 5.76. The maximum absolute atomic E-state index is 10.9. The van der Waals surface area contributed by atoms with Crippen molar-refractivity contribution in [2.45, 2.75) is 26.7 Å². The average Bonchev–Trinajstić information content (AvgIpc) is 2.02. The van der Waals surface area contributed by atoms with Crippen LogP contribution in [-0.2, 0) is 19.1 Å². The predicted molar refractivity (Wildman–Crippen MR) is 46.1 cm³/mol. The highest BCUT2D eigenvalue weighted by Crippen LogP contribution is 2.08. The van der Waals surface area contributed by atoms with Gasteiger partial charge in [0.2, 0.25) is 0 Å². The van der Waals surface area contributed by atoms with Gasteiger partial charge in [0, 0.05) is 0 Å². The predicted octanol–water partition coefficient (Wildman–Crippen LogP) is 0.734. The van der Waals surface area contributed by atoms with Crippen LogP contribution in [0.25, 0.3) is 0 Å². The van der Waals surface area contributed by atoms with E-state index in [0.717, 1.165) is 0 Å². The summed E-state index contributed by atoms with van der Waals surface area (Å²) in [4.78, 5) is 31.6. The number of ketones is 2. The fourth-order valence-electron chi connectivity index (χ4n) is 1.11. The molecule has 0 aromatic heterocycles. The highest BCUT2D eigenvalue weighted by molar-refractivity contribution is 6.00. The summed E-state index contributed by atoms with van der Waals surface area (Å²) in [5.74, 6) is -0.785. The highest BCUT2D eigenvalue weighted by Gasteiger charge is 2.18. The van der Waals surface area contributed by atoms with Gasteiger partial charge in [-0.1, -0.05) is 0 Å². The monoisotopic (exact) mass is 186 g/mol. The van der Waals surface area contributed by atoms with Crippen molar-refractivity contribution in [1.29, 1.82) is 0 Å². The van der Waals surface area contributed by atoms with Crippen LogP contribution in [0.15, 0.2) is 0 Å². The van der Waals surface area contributed by atoms with Gasteiger partial charge in [0.25, 0.3) is 6.47 Å². The van der Waals surface area contributed by atoms with E-state index < -0.39 is 5.92 Å². The highest BCUT2D eigenvalue weighted by atomic mass is 16.5. The van der Waals surface area contributed by atoms with Crippen molar-refractivity contribution >= 4 is 18.0 Å². The average molecular weight is 186 g/mol. The zero-order chi connectivity index (χ0) is 10.3. The van der Waals surface area contributed by atoms with E-state index in [1.165, 1.54) is 13.8 Å². The zero-order valence-electron chi connectivity index (χ0n) is 7.91. The maximum Gasteiger partial charge on any atom is 0.293 e. The topological polar surface area (TPSA) is 60.4 Å². The van der Waals surface area contributed by atoms with Crippen LogP contribution in [0.4, 0.5) is 0 Å². The minimum absolute atomic E-state index is 0.126. The van der Waals surface area contributed by atoms with E-state index in [9.17, 15) is 14.4 Å². The van der Waals surface area contributed by atoms with Gasteiger partial charge in [-0.05, 0) is 26.7 Å². The van der Waals surface area contributed by atoms with Crippen LogP contribution >= 0.6 is 0 Å². The number of carbonyl (C=O) groups excluding carboxylic acids is 3. The molecule has 13 heavy (non-hydrogen) atoms. The van der Waals surface area contributed by atoms with E-state index in [0.29, 0.717) is 19.3 Å². The first-order valence-electron chi connectivity index (χ1n) is 4.15. The van der Waals surface area contributed by atoms with Gasteiger partial charge in [-0.2, -0.15) is 0 Å². The summed E-state index contributed by atoms with van der Waals surface area (Å²) in [6, 6.07) is 0. The molecule has 74 valence electrons. The first kappa shape index (κ1) is 11.8. The molecule has 0 bridgehead atoms. The molecule has 0 aromatic rings.